The first-order valence-corrected chi connectivity index (χ1v) is 14.4. The Morgan fingerprint density at radius 1 is 0.381 bits per heavy atom. The molecule has 2 heterocycles. The summed E-state index contributed by atoms with van der Waals surface area (Å²) in [7, 11) is 0. The van der Waals surface area contributed by atoms with Crippen molar-refractivity contribution < 1.29 is 4.42 Å². The Hall–Kier alpha value is -5.60. The Kier molecular flexibility index (Phi) is 4.21. The first kappa shape index (κ1) is 22.1. The monoisotopic (exact) mass is 533 g/mol. The molecule has 0 unspecified atom stereocenters. The highest BCUT2D eigenvalue weighted by molar-refractivity contribution is 6.29. The van der Waals surface area contributed by atoms with Gasteiger partial charge in [0.25, 0.3) is 0 Å². The fourth-order valence-electron chi connectivity index (χ4n) is 7.32. The molecule has 1 aliphatic rings. The van der Waals surface area contributed by atoms with Gasteiger partial charge in [-0.3, -0.25) is 0 Å². The molecule has 0 radical (unpaired) electrons. The average Bonchev–Trinajstić information content (AvgIpc) is 3.70. The van der Waals surface area contributed by atoms with Crippen LogP contribution in [0.2, 0.25) is 0 Å². The maximum atomic E-state index is 6.12. The molecule has 9 aromatic rings. The average molecular weight is 534 g/mol. The number of nitrogens with zero attached hydrogens (tertiary/aromatic N) is 1. The van der Waals surface area contributed by atoms with Crippen LogP contribution in [-0.2, 0) is 0 Å². The van der Waals surface area contributed by atoms with Crippen LogP contribution < -0.4 is 0 Å². The summed E-state index contributed by atoms with van der Waals surface area (Å²) in [4.78, 5) is 0. The summed E-state index contributed by atoms with van der Waals surface area (Å²) in [5.74, 6) is 0. The highest BCUT2D eigenvalue weighted by Gasteiger charge is 2.25. The summed E-state index contributed by atoms with van der Waals surface area (Å²) in [6.45, 7) is 0. The van der Waals surface area contributed by atoms with Crippen molar-refractivity contribution in [1.82, 2.24) is 4.57 Å². The van der Waals surface area contributed by atoms with E-state index < -0.39 is 0 Å². The molecule has 0 N–H and O–H groups in total. The molecule has 10 rings (SSSR count). The molecule has 42 heavy (non-hydrogen) atoms. The highest BCUT2D eigenvalue weighted by Crippen LogP contribution is 2.51. The molecule has 0 bridgehead atoms. The maximum Gasteiger partial charge on any atom is 0.135 e. The molecular formula is C40H23NO. The van der Waals surface area contributed by atoms with Gasteiger partial charge in [-0.1, -0.05) is 91.0 Å². The van der Waals surface area contributed by atoms with Crippen molar-refractivity contribution >= 4 is 54.5 Å². The van der Waals surface area contributed by atoms with Gasteiger partial charge in [0.05, 0.1) is 11.0 Å². The summed E-state index contributed by atoms with van der Waals surface area (Å²) < 4.78 is 8.56. The van der Waals surface area contributed by atoms with Gasteiger partial charge in [-0.25, -0.2) is 0 Å². The van der Waals surface area contributed by atoms with E-state index in [1.165, 1.54) is 71.6 Å². The van der Waals surface area contributed by atoms with Crippen LogP contribution in [0.4, 0.5) is 0 Å². The molecule has 1 aliphatic carbocycles. The molecule has 0 atom stereocenters. The number of fused-ring (bicyclic) bond motifs is 10. The number of para-hydroxylation sites is 2. The van der Waals surface area contributed by atoms with Crippen LogP contribution >= 0.6 is 0 Å². The molecule has 0 aliphatic heterocycles. The van der Waals surface area contributed by atoms with Crippen LogP contribution in [0.1, 0.15) is 0 Å². The minimum absolute atomic E-state index is 0.922. The Morgan fingerprint density at radius 3 is 1.93 bits per heavy atom. The van der Waals surface area contributed by atoms with Gasteiger partial charge < -0.3 is 8.98 Å². The molecular weight excluding hydrogens is 510 g/mol. The third-order valence-corrected chi connectivity index (χ3v) is 9.12. The normalized spacial score (nSPS) is 12.3. The third-order valence-electron chi connectivity index (χ3n) is 9.12. The first-order chi connectivity index (χ1) is 20.8. The summed E-state index contributed by atoms with van der Waals surface area (Å²) in [5, 5.41) is 7.54. The Balaban J connectivity index is 1.32. The summed E-state index contributed by atoms with van der Waals surface area (Å²) in [5.41, 5.74) is 13.2. The minimum atomic E-state index is 0.922. The van der Waals surface area contributed by atoms with E-state index in [0.29, 0.717) is 0 Å². The van der Waals surface area contributed by atoms with E-state index in [0.717, 1.165) is 21.9 Å². The standard InChI is InChI=1S/C40H23NO/c1-2-9-26(10-3-1)41-35-19-17-24(25-18-20-38-32(21-25)29-13-6-7-16-37(29)42-38)22-34(35)40-31-15-8-14-30-27-11-4-5-12-28(27)33(39(30)31)23-36(40)41/h1-23H. The maximum absolute atomic E-state index is 6.12. The third kappa shape index (κ3) is 2.83. The lowest BCUT2D eigenvalue weighted by atomic mass is 9.96. The summed E-state index contributed by atoms with van der Waals surface area (Å²) >= 11 is 0. The minimum Gasteiger partial charge on any atom is -0.456 e. The van der Waals surface area contributed by atoms with E-state index in [-0.39, 0.29) is 0 Å². The largest absolute Gasteiger partial charge is 0.456 e. The molecule has 0 spiro atoms. The summed E-state index contributed by atoms with van der Waals surface area (Å²) in [6, 6.07) is 50.6. The van der Waals surface area contributed by atoms with Gasteiger partial charge >= 0.3 is 0 Å². The van der Waals surface area contributed by atoms with Crippen LogP contribution in [0.25, 0.3) is 93.6 Å². The van der Waals surface area contributed by atoms with Crippen LogP contribution in [0.5, 0.6) is 0 Å². The van der Waals surface area contributed by atoms with E-state index in [1.807, 2.05) is 12.1 Å². The fourth-order valence-corrected chi connectivity index (χ4v) is 7.32. The van der Waals surface area contributed by atoms with Gasteiger partial charge in [-0.05, 0) is 92.7 Å². The van der Waals surface area contributed by atoms with Crippen molar-refractivity contribution in [2.45, 2.75) is 0 Å². The SMILES string of the molecule is c1ccc(-n2c3ccc(-c4ccc5oc6ccccc6c5c4)cc3c3c4cccc5c4c(cc32)-c2ccccc2-5)cc1. The van der Waals surface area contributed by atoms with Gasteiger partial charge in [0.1, 0.15) is 11.2 Å². The molecule has 0 saturated carbocycles. The predicted molar refractivity (Wildman–Crippen MR) is 175 cm³/mol. The summed E-state index contributed by atoms with van der Waals surface area (Å²) in [6.07, 6.45) is 0. The lowest BCUT2D eigenvalue weighted by Gasteiger charge is -2.10. The van der Waals surface area contributed by atoms with E-state index in [4.69, 9.17) is 4.42 Å². The lowest BCUT2D eigenvalue weighted by Crippen LogP contribution is -1.93. The second-order valence-corrected chi connectivity index (χ2v) is 11.3. The van der Waals surface area contributed by atoms with Crippen LogP contribution in [-0.4, -0.2) is 4.57 Å². The van der Waals surface area contributed by atoms with Crippen molar-refractivity contribution in [3.8, 4) is 39.1 Å². The lowest BCUT2D eigenvalue weighted by molar-refractivity contribution is 0.669. The molecule has 0 fully saturated rings. The van der Waals surface area contributed by atoms with Crippen LogP contribution in [0.3, 0.4) is 0 Å². The number of furan rings is 1. The first-order valence-electron chi connectivity index (χ1n) is 14.4. The van der Waals surface area contributed by atoms with Crippen LogP contribution in [0, 0.1) is 0 Å². The molecule has 194 valence electrons. The zero-order valence-corrected chi connectivity index (χ0v) is 22.6. The second-order valence-electron chi connectivity index (χ2n) is 11.3. The quantitative estimate of drug-likeness (QED) is 0.216. The van der Waals surface area contributed by atoms with Gasteiger partial charge in [0.2, 0.25) is 0 Å². The Labute approximate surface area is 241 Å². The van der Waals surface area contributed by atoms with E-state index >= 15 is 0 Å². The molecule has 0 amide bonds. The molecule has 2 nitrogen and oxygen atoms in total. The van der Waals surface area contributed by atoms with Crippen LogP contribution in [0.15, 0.2) is 144 Å². The topological polar surface area (TPSA) is 18.1 Å². The zero-order chi connectivity index (χ0) is 27.4. The number of hydrogen-bond acceptors (Lipinski definition) is 1. The molecule has 0 saturated heterocycles. The number of aromatic nitrogens is 1. The number of hydrogen-bond donors (Lipinski definition) is 0. The molecule has 2 heteroatoms. The van der Waals surface area contributed by atoms with Crippen molar-refractivity contribution in [1.29, 1.82) is 0 Å². The van der Waals surface area contributed by atoms with E-state index in [1.54, 1.807) is 0 Å². The molecule has 2 aromatic heterocycles. The van der Waals surface area contributed by atoms with Gasteiger partial charge in [0.15, 0.2) is 0 Å². The van der Waals surface area contributed by atoms with E-state index in [2.05, 4.69) is 132 Å². The van der Waals surface area contributed by atoms with Gasteiger partial charge in [-0.2, -0.15) is 0 Å². The van der Waals surface area contributed by atoms with Gasteiger partial charge in [0, 0.05) is 27.2 Å². The van der Waals surface area contributed by atoms with Crippen molar-refractivity contribution in [3.05, 3.63) is 140 Å². The Morgan fingerprint density at radius 2 is 1.05 bits per heavy atom. The predicted octanol–water partition coefficient (Wildman–Crippen LogP) is 11.2. The zero-order valence-electron chi connectivity index (χ0n) is 22.6. The fraction of sp³-hybridized carbons (Fsp3) is 0. The number of rotatable bonds is 2. The smallest absolute Gasteiger partial charge is 0.135 e. The molecule has 7 aromatic carbocycles. The highest BCUT2D eigenvalue weighted by atomic mass is 16.3. The van der Waals surface area contributed by atoms with Crippen molar-refractivity contribution in [2.24, 2.45) is 0 Å². The van der Waals surface area contributed by atoms with Gasteiger partial charge in [-0.15, -0.1) is 0 Å². The van der Waals surface area contributed by atoms with Crippen molar-refractivity contribution in [2.75, 3.05) is 0 Å². The van der Waals surface area contributed by atoms with E-state index in [9.17, 15) is 0 Å². The van der Waals surface area contributed by atoms with Crippen molar-refractivity contribution in [3.63, 3.8) is 0 Å². The second kappa shape index (κ2) is 7.99. The number of benzene rings is 7. The Bertz CT molecular complexity index is 2560.